The molecule has 0 spiro atoms. The SMILES string of the molecule is CCC(CC)N(CCOC)c1snc(N)c1S(=O)(=O)CC. The predicted molar refractivity (Wildman–Crippen MR) is 87.8 cm³/mol. The van der Waals surface area contributed by atoms with E-state index in [1.165, 1.54) is 0 Å². The third-order valence-corrected chi connectivity index (χ3v) is 6.34. The van der Waals surface area contributed by atoms with Crippen molar-refractivity contribution in [3.05, 3.63) is 0 Å². The summed E-state index contributed by atoms with van der Waals surface area (Å²) in [5.74, 6) is 0.120. The molecule has 0 fully saturated rings. The summed E-state index contributed by atoms with van der Waals surface area (Å²) in [7, 11) is -1.76. The molecule has 122 valence electrons. The largest absolute Gasteiger partial charge is 0.383 e. The van der Waals surface area contributed by atoms with Crippen LogP contribution in [0.2, 0.25) is 0 Å². The van der Waals surface area contributed by atoms with Crippen molar-refractivity contribution in [2.45, 2.75) is 44.6 Å². The van der Waals surface area contributed by atoms with Crippen molar-refractivity contribution in [2.75, 3.05) is 36.6 Å². The van der Waals surface area contributed by atoms with Gasteiger partial charge in [0.2, 0.25) is 0 Å². The van der Waals surface area contributed by atoms with E-state index in [0.29, 0.717) is 18.2 Å². The Kier molecular flexibility index (Phi) is 6.89. The van der Waals surface area contributed by atoms with Gasteiger partial charge in [0.15, 0.2) is 15.7 Å². The van der Waals surface area contributed by atoms with E-state index in [1.54, 1.807) is 14.0 Å². The average Bonchev–Trinajstić information content (AvgIpc) is 2.85. The zero-order valence-electron chi connectivity index (χ0n) is 13.1. The van der Waals surface area contributed by atoms with Gasteiger partial charge in [-0.15, -0.1) is 0 Å². The monoisotopic (exact) mass is 335 g/mol. The molecule has 1 rings (SSSR count). The van der Waals surface area contributed by atoms with E-state index in [2.05, 4.69) is 23.1 Å². The number of sulfone groups is 1. The maximum Gasteiger partial charge on any atom is 0.184 e. The molecule has 8 heteroatoms. The lowest BCUT2D eigenvalue weighted by molar-refractivity contribution is 0.202. The van der Waals surface area contributed by atoms with Crippen LogP contribution < -0.4 is 10.6 Å². The molecule has 1 aromatic rings. The summed E-state index contributed by atoms with van der Waals surface area (Å²) in [6, 6.07) is 0.241. The van der Waals surface area contributed by atoms with Crippen molar-refractivity contribution in [1.29, 1.82) is 0 Å². The zero-order valence-corrected chi connectivity index (χ0v) is 14.8. The van der Waals surface area contributed by atoms with Gasteiger partial charge >= 0.3 is 0 Å². The molecule has 1 heterocycles. The topological polar surface area (TPSA) is 85.5 Å². The standard InChI is InChI=1S/C13H25N3O3S2/c1-5-10(6-2)16(8-9-19-4)13-11(12(14)15-20-13)21(17,18)7-3/h10H,5-9H2,1-4H3,(H2,14,15). The van der Waals surface area contributed by atoms with Crippen molar-refractivity contribution in [1.82, 2.24) is 4.37 Å². The van der Waals surface area contributed by atoms with Crippen LogP contribution in [0, 0.1) is 0 Å². The van der Waals surface area contributed by atoms with Gasteiger partial charge in [-0.3, -0.25) is 0 Å². The molecular weight excluding hydrogens is 310 g/mol. The second-order valence-electron chi connectivity index (χ2n) is 4.76. The van der Waals surface area contributed by atoms with Gasteiger partial charge in [0.25, 0.3) is 0 Å². The number of nitrogens with two attached hydrogens (primary N) is 1. The first-order valence-corrected chi connectivity index (χ1v) is 9.58. The second kappa shape index (κ2) is 7.95. The summed E-state index contributed by atoms with van der Waals surface area (Å²) in [5.41, 5.74) is 5.81. The molecule has 0 aromatic carbocycles. The summed E-state index contributed by atoms with van der Waals surface area (Å²) >= 11 is 1.15. The zero-order chi connectivity index (χ0) is 16.0. The summed E-state index contributed by atoms with van der Waals surface area (Å²) < 4.78 is 33.8. The van der Waals surface area contributed by atoms with Crippen molar-refractivity contribution in [3.63, 3.8) is 0 Å². The maximum atomic E-state index is 12.3. The van der Waals surface area contributed by atoms with Crippen LogP contribution >= 0.6 is 11.5 Å². The number of hydrogen-bond acceptors (Lipinski definition) is 7. The van der Waals surface area contributed by atoms with Gasteiger partial charge < -0.3 is 15.4 Å². The Hall–Kier alpha value is -0.860. The summed E-state index contributed by atoms with van der Waals surface area (Å²) in [5, 5.41) is 0.639. The van der Waals surface area contributed by atoms with E-state index >= 15 is 0 Å². The molecule has 0 aliphatic heterocycles. The van der Waals surface area contributed by atoms with Gasteiger partial charge in [0.1, 0.15) is 9.90 Å². The number of ether oxygens (including phenoxy) is 1. The molecule has 0 aliphatic rings. The van der Waals surface area contributed by atoms with Gasteiger partial charge in [0, 0.05) is 19.7 Å². The van der Waals surface area contributed by atoms with E-state index < -0.39 is 9.84 Å². The van der Waals surface area contributed by atoms with E-state index in [1.807, 2.05) is 0 Å². The quantitative estimate of drug-likeness (QED) is 0.744. The summed E-state index contributed by atoms with van der Waals surface area (Å²) in [6.45, 7) is 6.95. The minimum Gasteiger partial charge on any atom is -0.383 e. The molecule has 0 atom stereocenters. The smallest absolute Gasteiger partial charge is 0.184 e. The van der Waals surface area contributed by atoms with Gasteiger partial charge in [-0.25, -0.2) is 8.42 Å². The highest BCUT2D eigenvalue weighted by molar-refractivity contribution is 7.91. The van der Waals surface area contributed by atoms with Crippen molar-refractivity contribution >= 4 is 32.2 Å². The Morgan fingerprint density at radius 1 is 1.33 bits per heavy atom. The Labute approximate surface area is 131 Å². The van der Waals surface area contributed by atoms with Crippen molar-refractivity contribution < 1.29 is 13.2 Å². The van der Waals surface area contributed by atoms with Crippen molar-refractivity contribution in [2.24, 2.45) is 0 Å². The highest BCUT2D eigenvalue weighted by atomic mass is 32.2. The van der Waals surface area contributed by atoms with Crippen LogP contribution in [-0.4, -0.2) is 44.8 Å². The Morgan fingerprint density at radius 2 is 1.95 bits per heavy atom. The molecule has 0 aliphatic carbocycles. The van der Waals surface area contributed by atoms with Crippen LogP contribution in [-0.2, 0) is 14.6 Å². The predicted octanol–water partition coefficient (Wildman–Crippen LogP) is 2.16. The first-order chi connectivity index (χ1) is 9.92. The van der Waals surface area contributed by atoms with Crippen molar-refractivity contribution in [3.8, 4) is 0 Å². The first-order valence-electron chi connectivity index (χ1n) is 7.16. The van der Waals surface area contributed by atoms with Gasteiger partial charge in [-0.2, -0.15) is 4.37 Å². The van der Waals surface area contributed by atoms with E-state index in [9.17, 15) is 8.42 Å². The van der Waals surface area contributed by atoms with Crippen LogP contribution in [0.25, 0.3) is 0 Å². The molecule has 21 heavy (non-hydrogen) atoms. The molecule has 0 radical (unpaired) electrons. The van der Waals surface area contributed by atoms with Gasteiger partial charge in [0.05, 0.1) is 12.4 Å². The molecule has 6 nitrogen and oxygen atoms in total. The molecule has 0 bridgehead atoms. The number of aromatic nitrogens is 1. The number of anilines is 2. The third kappa shape index (κ3) is 4.08. The van der Waals surface area contributed by atoms with Crippen LogP contribution in [0.3, 0.4) is 0 Å². The molecule has 0 saturated carbocycles. The average molecular weight is 335 g/mol. The van der Waals surface area contributed by atoms with Gasteiger partial charge in [-0.05, 0) is 24.4 Å². The number of methoxy groups -OCH3 is 1. The van der Waals surface area contributed by atoms with E-state index in [4.69, 9.17) is 10.5 Å². The minimum absolute atomic E-state index is 0.0175. The fourth-order valence-electron chi connectivity index (χ4n) is 2.27. The van der Waals surface area contributed by atoms with Gasteiger partial charge in [-0.1, -0.05) is 20.8 Å². The lowest BCUT2D eigenvalue weighted by Crippen LogP contribution is -2.37. The molecule has 0 saturated heterocycles. The minimum atomic E-state index is -3.40. The number of rotatable bonds is 9. The highest BCUT2D eigenvalue weighted by Crippen LogP contribution is 2.37. The molecule has 0 amide bonds. The highest BCUT2D eigenvalue weighted by Gasteiger charge is 2.29. The fraction of sp³-hybridized carbons (Fsp3) is 0.769. The lowest BCUT2D eigenvalue weighted by Gasteiger charge is -2.31. The number of nitrogen functional groups attached to an aromatic ring is 1. The Bertz CT molecular complexity index is 539. The molecule has 0 unspecified atom stereocenters. The second-order valence-corrected chi connectivity index (χ2v) is 7.73. The number of nitrogens with zero attached hydrogens (tertiary/aromatic N) is 2. The normalized spacial score (nSPS) is 12.0. The molecular formula is C13H25N3O3S2. The third-order valence-electron chi connectivity index (χ3n) is 3.53. The number of hydrogen-bond donors (Lipinski definition) is 1. The van der Waals surface area contributed by atoms with Crippen LogP contribution in [0.1, 0.15) is 33.6 Å². The van der Waals surface area contributed by atoms with E-state index in [0.717, 1.165) is 24.4 Å². The lowest BCUT2D eigenvalue weighted by atomic mass is 10.1. The summed E-state index contributed by atoms with van der Waals surface area (Å²) in [6.07, 6.45) is 1.84. The molecule has 2 N–H and O–H groups in total. The Balaban J connectivity index is 3.31. The first kappa shape index (κ1) is 18.2. The maximum absolute atomic E-state index is 12.3. The Morgan fingerprint density at radius 3 is 2.43 bits per heavy atom. The molecule has 1 aromatic heterocycles. The summed E-state index contributed by atoms with van der Waals surface area (Å²) in [4.78, 5) is 2.25. The van der Waals surface area contributed by atoms with Crippen LogP contribution in [0.5, 0.6) is 0 Å². The fourth-order valence-corrected chi connectivity index (χ4v) is 4.67. The van der Waals surface area contributed by atoms with Crippen LogP contribution in [0.15, 0.2) is 4.90 Å². The van der Waals surface area contributed by atoms with E-state index in [-0.39, 0.29) is 22.5 Å². The van der Waals surface area contributed by atoms with Crippen LogP contribution in [0.4, 0.5) is 10.8 Å².